The average molecular weight is 241 g/mol. The van der Waals surface area contributed by atoms with Crippen molar-refractivity contribution in [2.45, 2.75) is 24.5 Å². The molecule has 0 radical (unpaired) electrons. The van der Waals surface area contributed by atoms with Gasteiger partial charge in [0.1, 0.15) is 0 Å². The first-order chi connectivity index (χ1) is 7.76. The van der Waals surface area contributed by atoms with Crippen molar-refractivity contribution >= 4 is 11.8 Å². The fourth-order valence-electron chi connectivity index (χ4n) is 1.22. The lowest BCUT2D eigenvalue weighted by atomic mass is 10.2. The first kappa shape index (κ1) is 13.5. The maximum Gasteiger partial charge on any atom is 0.0864 e. The van der Waals surface area contributed by atoms with Crippen LogP contribution in [0.4, 0.5) is 0 Å². The van der Waals surface area contributed by atoms with Crippen molar-refractivity contribution in [2.24, 2.45) is 0 Å². The van der Waals surface area contributed by atoms with E-state index in [1.807, 2.05) is 12.1 Å². The van der Waals surface area contributed by atoms with Crippen LogP contribution in [0.3, 0.4) is 0 Å². The average Bonchev–Trinajstić information content (AvgIpc) is 2.34. The molecule has 3 nitrogen and oxygen atoms in total. The Kier molecular flexibility index (Phi) is 6.49. The molecule has 0 saturated carbocycles. The van der Waals surface area contributed by atoms with Gasteiger partial charge in [0.2, 0.25) is 0 Å². The molecule has 0 amide bonds. The van der Waals surface area contributed by atoms with E-state index < -0.39 is 6.10 Å². The van der Waals surface area contributed by atoms with Crippen molar-refractivity contribution < 1.29 is 10.2 Å². The molecule has 16 heavy (non-hydrogen) atoms. The monoisotopic (exact) mass is 241 g/mol. The van der Waals surface area contributed by atoms with Crippen LogP contribution in [-0.4, -0.2) is 35.2 Å². The minimum Gasteiger partial charge on any atom is -0.394 e. The molecule has 0 aliphatic rings. The van der Waals surface area contributed by atoms with E-state index in [2.05, 4.69) is 24.4 Å². The normalized spacial score (nSPS) is 12.7. The Morgan fingerprint density at radius 2 is 2.00 bits per heavy atom. The predicted molar refractivity (Wildman–Crippen MR) is 67.6 cm³/mol. The molecule has 0 spiro atoms. The van der Waals surface area contributed by atoms with Gasteiger partial charge in [0, 0.05) is 17.2 Å². The molecule has 0 bridgehead atoms. The van der Waals surface area contributed by atoms with Crippen LogP contribution >= 0.6 is 11.8 Å². The summed E-state index contributed by atoms with van der Waals surface area (Å²) in [5.41, 5.74) is 1.26. The number of rotatable bonds is 7. The summed E-state index contributed by atoms with van der Waals surface area (Å²) in [6.45, 7) is 3.77. The highest BCUT2D eigenvalue weighted by molar-refractivity contribution is 7.99. The summed E-state index contributed by atoms with van der Waals surface area (Å²) in [7, 11) is 0. The van der Waals surface area contributed by atoms with Gasteiger partial charge in [-0.2, -0.15) is 0 Å². The van der Waals surface area contributed by atoms with Crippen LogP contribution in [0, 0.1) is 0 Å². The van der Waals surface area contributed by atoms with Crippen molar-refractivity contribution in [1.82, 2.24) is 5.32 Å². The summed E-state index contributed by atoms with van der Waals surface area (Å²) in [5.74, 6) is 0.531. The first-order valence-corrected chi connectivity index (χ1v) is 6.46. The molecule has 1 rings (SSSR count). The van der Waals surface area contributed by atoms with Crippen LogP contribution in [0.5, 0.6) is 0 Å². The van der Waals surface area contributed by atoms with Gasteiger partial charge in [-0.05, 0) is 24.2 Å². The van der Waals surface area contributed by atoms with Crippen molar-refractivity contribution in [3.8, 4) is 0 Å². The topological polar surface area (TPSA) is 52.5 Å². The second kappa shape index (κ2) is 7.68. The van der Waals surface area contributed by atoms with Gasteiger partial charge < -0.3 is 15.5 Å². The van der Waals surface area contributed by atoms with Gasteiger partial charge in [0.05, 0.1) is 12.7 Å². The molecule has 90 valence electrons. The molecule has 4 heteroatoms. The summed E-state index contributed by atoms with van der Waals surface area (Å²) < 4.78 is 0. The van der Waals surface area contributed by atoms with Gasteiger partial charge in [-0.15, -0.1) is 11.8 Å². The second-order valence-corrected chi connectivity index (χ2v) is 4.67. The number of hydrogen-bond acceptors (Lipinski definition) is 4. The fraction of sp³-hybridized carbons (Fsp3) is 0.500. The molecule has 0 aliphatic heterocycles. The Morgan fingerprint density at radius 3 is 2.56 bits per heavy atom. The Bertz CT molecular complexity index is 290. The molecule has 0 heterocycles. The summed E-state index contributed by atoms with van der Waals surface area (Å²) in [6.07, 6.45) is -0.633. The molecular weight excluding hydrogens is 222 g/mol. The van der Waals surface area contributed by atoms with Crippen molar-refractivity contribution in [1.29, 1.82) is 0 Å². The molecule has 1 aromatic carbocycles. The van der Waals surface area contributed by atoms with Gasteiger partial charge in [-0.3, -0.25) is 0 Å². The molecule has 3 N–H and O–H groups in total. The zero-order valence-electron chi connectivity index (χ0n) is 9.52. The number of aliphatic hydroxyl groups is 2. The molecule has 0 aromatic heterocycles. The maximum absolute atomic E-state index is 9.21. The minimum atomic E-state index is -0.633. The number of thioether (sulfide) groups is 1. The second-order valence-electron chi connectivity index (χ2n) is 3.57. The molecule has 0 aliphatic carbocycles. The van der Waals surface area contributed by atoms with Gasteiger partial charge >= 0.3 is 0 Å². The minimum absolute atomic E-state index is 0.175. The molecular formula is C12H19NO2S. The number of hydrogen-bond donors (Lipinski definition) is 3. The van der Waals surface area contributed by atoms with Crippen molar-refractivity contribution in [3.05, 3.63) is 29.8 Å². The van der Waals surface area contributed by atoms with E-state index in [1.165, 1.54) is 5.56 Å². The quantitative estimate of drug-likeness (QED) is 0.629. The van der Waals surface area contributed by atoms with Gasteiger partial charge in [0.25, 0.3) is 0 Å². The molecule has 1 atom stereocenters. The van der Waals surface area contributed by atoms with E-state index in [-0.39, 0.29) is 6.61 Å². The molecule has 1 aromatic rings. The standard InChI is InChI=1S/C12H19NO2S/c1-2-13-7-10-3-5-12(6-4-10)16-9-11(15)8-14/h3-6,11,13-15H,2,7-9H2,1H3. The summed E-state index contributed by atoms with van der Waals surface area (Å²) in [5, 5.41) is 21.2. The van der Waals surface area contributed by atoms with E-state index in [0.717, 1.165) is 18.0 Å². The van der Waals surface area contributed by atoms with E-state index in [1.54, 1.807) is 11.8 Å². The first-order valence-electron chi connectivity index (χ1n) is 5.47. The molecule has 0 fully saturated rings. The largest absolute Gasteiger partial charge is 0.394 e. The fourth-order valence-corrected chi connectivity index (χ4v) is 2.04. The zero-order valence-corrected chi connectivity index (χ0v) is 10.3. The van der Waals surface area contributed by atoms with Crippen LogP contribution in [0.2, 0.25) is 0 Å². The van der Waals surface area contributed by atoms with Crippen LogP contribution in [0.15, 0.2) is 29.2 Å². The highest BCUT2D eigenvalue weighted by atomic mass is 32.2. The third-order valence-corrected chi connectivity index (χ3v) is 3.31. The zero-order chi connectivity index (χ0) is 11.8. The Hall–Kier alpha value is -0.550. The molecule has 1 unspecified atom stereocenters. The lowest BCUT2D eigenvalue weighted by molar-refractivity contribution is 0.113. The lowest BCUT2D eigenvalue weighted by Crippen LogP contribution is -2.14. The SMILES string of the molecule is CCNCc1ccc(SCC(O)CO)cc1. The van der Waals surface area contributed by atoms with Crippen LogP contribution in [0.1, 0.15) is 12.5 Å². The smallest absolute Gasteiger partial charge is 0.0864 e. The molecule has 0 saturated heterocycles. The lowest BCUT2D eigenvalue weighted by Gasteiger charge is -2.07. The van der Waals surface area contributed by atoms with Crippen LogP contribution < -0.4 is 5.32 Å². The Labute approximate surface area is 101 Å². The summed E-state index contributed by atoms with van der Waals surface area (Å²) >= 11 is 1.56. The summed E-state index contributed by atoms with van der Waals surface area (Å²) in [6, 6.07) is 8.25. The predicted octanol–water partition coefficient (Wildman–Crippen LogP) is 1.24. The number of aliphatic hydroxyl groups excluding tert-OH is 2. The Morgan fingerprint density at radius 1 is 1.31 bits per heavy atom. The summed E-state index contributed by atoms with van der Waals surface area (Å²) in [4.78, 5) is 1.12. The Balaban J connectivity index is 2.38. The van der Waals surface area contributed by atoms with Crippen LogP contribution in [0.25, 0.3) is 0 Å². The van der Waals surface area contributed by atoms with Crippen molar-refractivity contribution in [2.75, 3.05) is 18.9 Å². The van der Waals surface area contributed by atoms with E-state index in [4.69, 9.17) is 5.11 Å². The maximum atomic E-state index is 9.21. The van der Waals surface area contributed by atoms with E-state index in [9.17, 15) is 5.11 Å². The van der Waals surface area contributed by atoms with E-state index in [0.29, 0.717) is 5.75 Å². The number of benzene rings is 1. The highest BCUT2D eigenvalue weighted by Gasteiger charge is 2.02. The third kappa shape index (κ3) is 4.99. The van der Waals surface area contributed by atoms with E-state index >= 15 is 0 Å². The van der Waals surface area contributed by atoms with Gasteiger partial charge in [-0.1, -0.05) is 19.1 Å². The number of nitrogens with one attached hydrogen (secondary N) is 1. The van der Waals surface area contributed by atoms with Crippen molar-refractivity contribution in [3.63, 3.8) is 0 Å². The van der Waals surface area contributed by atoms with Crippen LogP contribution in [-0.2, 0) is 6.54 Å². The van der Waals surface area contributed by atoms with Gasteiger partial charge in [0.15, 0.2) is 0 Å². The third-order valence-electron chi connectivity index (χ3n) is 2.16. The van der Waals surface area contributed by atoms with Gasteiger partial charge in [-0.25, -0.2) is 0 Å². The highest BCUT2D eigenvalue weighted by Crippen LogP contribution is 2.19.